The Morgan fingerprint density at radius 1 is 0.719 bits per heavy atom. The summed E-state index contributed by atoms with van der Waals surface area (Å²) >= 11 is 0. The van der Waals surface area contributed by atoms with Crippen LogP contribution in [0.15, 0.2) is 100 Å². The molecule has 332 valence electrons. The molecule has 7 heteroatoms. The summed E-state index contributed by atoms with van der Waals surface area (Å²) in [6.07, 6.45) is 29.2. The Hall–Kier alpha value is -4.11. The van der Waals surface area contributed by atoms with Crippen LogP contribution in [0.3, 0.4) is 0 Å². The molecule has 1 atom stereocenters. The number of ketones is 3. The lowest BCUT2D eigenvalue weighted by atomic mass is 10.3. The fourth-order valence-corrected chi connectivity index (χ4v) is 1.15. The molecule has 0 spiro atoms. The maximum absolute atomic E-state index is 10.1. The van der Waals surface area contributed by atoms with Crippen molar-refractivity contribution < 1.29 is 23.9 Å². The molecule has 0 aliphatic carbocycles. The Morgan fingerprint density at radius 3 is 0.947 bits per heavy atom. The fourth-order valence-electron chi connectivity index (χ4n) is 1.15. The molecule has 0 N–H and O–H groups in total. The predicted octanol–water partition coefficient (Wildman–Crippen LogP) is 12.0. The molecule has 0 aromatic carbocycles. The second-order valence-corrected chi connectivity index (χ2v) is 11.8. The van der Waals surface area contributed by atoms with Crippen molar-refractivity contribution in [2.45, 2.75) is 116 Å². The average Bonchev–Trinajstić information content (AvgIpc) is 4.06. The van der Waals surface area contributed by atoms with Crippen molar-refractivity contribution in [1.82, 2.24) is 9.80 Å². The topological polar surface area (TPSA) is 79.2 Å². The van der Waals surface area contributed by atoms with Crippen molar-refractivity contribution in [2.24, 2.45) is 5.92 Å². The van der Waals surface area contributed by atoms with E-state index in [-0.39, 0.29) is 17.3 Å². The highest BCUT2D eigenvalue weighted by Crippen LogP contribution is 2.04. The van der Waals surface area contributed by atoms with Gasteiger partial charge in [-0.1, -0.05) is 103 Å². The third-order valence-corrected chi connectivity index (χ3v) is 4.11. The van der Waals surface area contributed by atoms with E-state index in [0.29, 0.717) is 6.10 Å². The second-order valence-electron chi connectivity index (χ2n) is 11.8. The average molecular weight is 801 g/mol. The molecule has 4 aliphatic heterocycles. The van der Waals surface area contributed by atoms with Crippen LogP contribution in [-0.2, 0) is 23.9 Å². The minimum Gasteiger partial charge on any atom is -0.381 e. The van der Waals surface area contributed by atoms with Gasteiger partial charge in [0, 0.05) is 33.2 Å². The lowest BCUT2D eigenvalue weighted by molar-refractivity contribution is -0.113. The van der Waals surface area contributed by atoms with Crippen molar-refractivity contribution in [3.8, 4) is 24.7 Å². The highest BCUT2D eigenvalue weighted by molar-refractivity contribution is 5.92. The number of likely N-dealkylation sites (N-methyl/N-ethyl adjacent to an activating group) is 1. The van der Waals surface area contributed by atoms with Gasteiger partial charge in [0.15, 0.2) is 11.6 Å². The number of likely N-dealkylation sites (tertiary alicyclic amines) is 1. The number of nitrogens with zero attached hydrogens (tertiary/aromatic N) is 2. The number of Topliss-reactive ketones (excluding diaryl/α,β-unsaturated/α-hetero) is 1. The quantitative estimate of drug-likeness (QED) is 0.0699. The number of rotatable bonds is 4. The number of epoxide rings is 1. The van der Waals surface area contributed by atoms with E-state index in [1.165, 1.54) is 71.9 Å². The molecule has 0 aromatic rings. The fraction of sp³-hybridized carbons (Fsp3) is 0.540. The summed E-state index contributed by atoms with van der Waals surface area (Å²) in [4.78, 5) is 33.9. The van der Waals surface area contributed by atoms with E-state index in [1.807, 2.05) is 59.6 Å². The van der Waals surface area contributed by atoms with Crippen LogP contribution in [0.1, 0.15) is 110 Å². The van der Waals surface area contributed by atoms with Gasteiger partial charge in [0.05, 0.1) is 12.7 Å². The van der Waals surface area contributed by atoms with Gasteiger partial charge >= 0.3 is 0 Å². The first kappa shape index (κ1) is 77.4. The van der Waals surface area contributed by atoms with Crippen LogP contribution in [0.25, 0.3) is 0 Å². The van der Waals surface area contributed by atoms with Crippen molar-refractivity contribution in [3.63, 3.8) is 0 Å². The van der Waals surface area contributed by atoms with Crippen LogP contribution in [-0.4, -0.2) is 93.3 Å². The summed E-state index contributed by atoms with van der Waals surface area (Å²) in [6, 6.07) is 0. The first-order chi connectivity index (χ1) is 26.8. The highest BCUT2D eigenvalue weighted by atomic mass is 16.6. The van der Waals surface area contributed by atoms with E-state index in [0.717, 1.165) is 25.7 Å². The van der Waals surface area contributed by atoms with Gasteiger partial charge in [0.2, 0.25) is 5.78 Å². The van der Waals surface area contributed by atoms with Crippen LogP contribution in [0.4, 0.5) is 0 Å². The number of ether oxygens (including phenoxy) is 2. The van der Waals surface area contributed by atoms with Gasteiger partial charge in [-0.2, -0.15) is 0 Å². The van der Waals surface area contributed by atoms with Gasteiger partial charge in [0.25, 0.3) is 0 Å². The molecule has 4 rings (SSSR count). The number of carbonyl (C=O) groups is 3. The third-order valence-electron chi connectivity index (χ3n) is 4.11. The van der Waals surface area contributed by atoms with Crippen LogP contribution >= 0.6 is 0 Å². The molecule has 4 fully saturated rings. The van der Waals surface area contributed by atoms with E-state index < -0.39 is 0 Å². The zero-order valence-corrected chi connectivity index (χ0v) is 40.1. The Morgan fingerprint density at radius 2 is 0.930 bits per heavy atom. The lowest BCUT2D eigenvalue weighted by Gasteiger charge is -2.24. The van der Waals surface area contributed by atoms with Gasteiger partial charge in [-0.3, -0.25) is 14.4 Å². The number of hydrogen-bond donors (Lipinski definition) is 0. The second kappa shape index (κ2) is 84.5. The summed E-state index contributed by atoms with van der Waals surface area (Å²) in [5.41, 5.74) is 0. The Balaban J connectivity index is -0.0000000527. The van der Waals surface area contributed by atoms with Crippen molar-refractivity contribution in [2.75, 3.05) is 60.1 Å². The van der Waals surface area contributed by atoms with Gasteiger partial charge in [-0.15, -0.1) is 38.5 Å². The maximum Gasteiger partial charge on any atom is 0.202 e. The molecule has 0 radical (unpaired) electrons. The Labute approximate surface area is 356 Å². The molecule has 4 heterocycles. The van der Waals surface area contributed by atoms with Crippen molar-refractivity contribution in [3.05, 3.63) is 100 Å². The summed E-state index contributed by atoms with van der Waals surface area (Å²) in [5, 5.41) is 0. The molecule has 0 bridgehead atoms. The number of hydrogen-bond acceptors (Lipinski definition) is 7. The van der Waals surface area contributed by atoms with E-state index in [9.17, 15) is 14.4 Å². The molecule has 0 aromatic heterocycles. The van der Waals surface area contributed by atoms with Gasteiger partial charge in [0.1, 0.15) is 0 Å². The molecule has 7 nitrogen and oxygen atoms in total. The number of carbonyl (C=O) groups excluding carboxylic acids is 3. The summed E-state index contributed by atoms with van der Waals surface area (Å²) in [7, 11) is 4.25. The van der Waals surface area contributed by atoms with E-state index >= 15 is 0 Å². The Bertz CT molecular complexity index is 964. The molecule has 1 unspecified atom stereocenters. The first-order valence-corrected chi connectivity index (χ1v) is 19.6. The van der Waals surface area contributed by atoms with E-state index in [2.05, 4.69) is 110 Å². The van der Waals surface area contributed by atoms with Gasteiger partial charge < -0.3 is 19.3 Å². The van der Waals surface area contributed by atoms with Gasteiger partial charge in [-0.05, 0) is 119 Å². The third kappa shape index (κ3) is 270. The molecule has 0 amide bonds. The monoisotopic (exact) mass is 801 g/mol. The summed E-state index contributed by atoms with van der Waals surface area (Å²) in [5.74, 6) is 4.83. The Kier molecular flexibility index (Phi) is 115. The zero-order chi connectivity index (χ0) is 47.3. The first-order valence-electron chi connectivity index (χ1n) is 19.6. The predicted molar refractivity (Wildman–Crippen MR) is 260 cm³/mol. The minimum atomic E-state index is -0.218. The molecular weight excluding hydrogens is 709 g/mol. The molecule has 4 aliphatic rings. The number of terminal acetylenes is 2. The smallest absolute Gasteiger partial charge is 0.202 e. The maximum atomic E-state index is 10.1. The molecule has 4 saturated heterocycles. The van der Waals surface area contributed by atoms with Crippen LogP contribution in [0.5, 0.6) is 0 Å². The molecule has 57 heavy (non-hydrogen) atoms. The zero-order valence-electron chi connectivity index (χ0n) is 40.1. The number of allylic oxidation sites excluding steroid dienone is 10. The highest BCUT2D eigenvalue weighted by Gasteiger charge is 2.13. The van der Waals surface area contributed by atoms with Crippen molar-refractivity contribution in [1.29, 1.82) is 0 Å². The minimum absolute atomic E-state index is 0.0185. The van der Waals surface area contributed by atoms with Crippen LogP contribution in [0, 0.1) is 30.6 Å². The van der Waals surface area contributed by atoms with Gasteiger partial charge in [-0.25, -0.2) is 0 Å². The largest absolute Gasteiger partial charge is 0.381 e. The van der Waals surface area contributed by atoms with Crippen LogP contribution < -0.4 is 0 Å². The summed E-state index contributed by atoms with van der Waals surface area (Å²) in [6.45, 7) is 54.6. The van der Waals surface area contributed by atoms with Crippen molar-refractivity contribution >= 4 is 17.3 Å². The van der Waals surface area contributed by atoms with E-state index in [4.69, 9.17) is 9.47 Å². The standard InChI is InChI=1S/C6H8O.C5H8.C4H9N.C4H6O.C4H4O.C4H10.C3H7N.2C3H6O.3C3H6.C3H4.C2H6/c1-3-4-5-6(2)7;1-3-5-4-2;1-5-3-2-4-5;2*1-3-4(2)5;1-4(2)3;1-4-2-3-4;1-3-2-4-3;1-2-4-3-1;4*1-3-2;1-2/h3-5H,1H2,2H3;3-5H,1H2,2H3;2-4H2,1H3;3H,1H2,2H3;1H,2H3;4H,1-3H3;2-3H2,1H3;3H,2H2,1H3;1-3H2;3*3H,1H2,2H3;1H,2H3;1-2H3. The van der Waals surface area contributed by atoms with E-state index in [1.54, 1.807) is 43.4 Å². The van der Waals surface area contributed by atoms with Crippen LogP contribution in [0.2, 0.25) is 0 Å². The SMILES string of the molecule is C#CC.C#CC(C)=O.C1COC1.C=CC.C=CC.C=CC.C=CC(C)=O.C=CC=CC.C=CC=CC(C)=O.CC.CC(C)C.CC1CO1.CN1CC1.CN1CCC1. The molecule has 0 saturated carbocycles. The normalized spacial score (nSPS) is 13.1. The molecular formula is C50H92N2O5. The summed E-state index contributed by atoms with van der Waals surface area (Å²) < 4.78 is 9.43. The lowest BCUT2D eigenvalue weighted by Crippen LogP contribution is -2.32.